The van der Waals surface area contributed by atoms with Gasteiger partial charge in [-0.2, -0.15) is 0 Å². The second-order valence-corrected chi connectivity index (χ2v) is 5.51. The van der Waals surface area contributed by atoms with Gasteiger partial charge in [0.05, 0.1) is 0 Å². The summed E-state index contributed by atoms with van der Waals surface area (Å²) in [7, 11) is 0. The van der Waals surface area contributed by atoms with E-state index in [-0.39, 0.29) is 0 Å². The van der Waals surface area contributed by atoms with E-state index in [1.54, 1.807) is 0 Å². The van der Waals surface area contributed by atoms with Gasteiger partial charge in [-0.1, -0.05) is 18.6 Å². The van der Waals surface area contributed by atoms with E-state index >= 15 is 0 Å². The molecule has 1 saturated carbocycles. The molecule has 2 fully saturated rings. The topological polar surface area (TPSA) is 35.5 Å². The Morgan fingerprint density at radius 1 is 1.11 bits per heavy atom. The van der Waals surface area contributed by atoms with Crippen LogP contribution in [0.4, 0.5) is 0 Å². The van der Waals surface area contributed by atoms with Gasteiger partial charge in [0.15, 0.2) is 0 Å². The number of hydrogen-bond acceptors (Lipinski definition) is 3. The summed E-state index contributed by atoms with van der Waals surface area (Å²) in [6, 6.07) is 8.40. The summed E-state index contributed by atoms with van der Waals surface area (Å²) in [5, 5.41) is 12.9. The van der Waals surface area contributed by atoms with Crippen molar-refractivity contribution in [3.05, 3.63) is 29.8 Å². The fraction of sp³-hybridized carbons (Fsp3) is 0.600. The van der Waals surface area contributed by atoms with Crippen LogP contribution >= 0.6 is 0 Å². The lowest BCUT2D eigenvalue weighted by atomic mass is 9.76. The van der Waals surface area contributed by atoms with Crippen molar-refractivity contribution in [3.63, 3.8) is 0 Å². The molecule has 0 aromatic heterocycles. The molecule has 0 amide bonds. The summed E-state index contributed by atoms with van der Waals surface area (Å²) >= 11 is 0. The highest BCUT2D eigenvalue weighted by Gasteiger charge is 2.33. The van der Waals surface area contributed by atoms with Gasteiger partial charge in [-0.05, 0) is 36.5 Å². The van der Waals surface area contributed by atoms with E-state index in [2.05, 4.69) is 22.3 Å². The first-order valence-electron chi connectivity index (χ1n) is 7.08. The molecule has 3 heteroatoms. The van der Waals surface area contributed by atoms with Crippen molar-refractivity contribution in [2.45, 2.75) is 25.3 Å². The summed E-state index contributed by atoms with van der Waals surface area (Å²) in [5.74, 6) is 1.18. The Balaban J connectivity index is 1.81. The Hall–Kier alpha value is -1.06. The number of piperazine rings is 1. The number of rotatable bonds is 3. The third-order valence-electron chi connectivity index (χ3n) is 4.38. The van der Waals surface area contributed by atoms with Crippen molar-refractivity contribution in [2.24, 2.45) is 5.92 Å². The van der Waals surface area contributed by atoms with Gasteiger partial charge in [-0.25, -0.2) is 0 Å². The molecule has 1 aliphatic carbocycles. The zero-order valence-corrected chi connectivity index (χ0v) is 10.8. The lowest BCUT2D eigenvalue weighted by Crippen LogP contribution is -2.47. The molecule has 0 bridgehead atoms. The second-order valence-electron chi connectivity index (χ2n) is 5.51. The van der Waals surface area contributed by atoms with Gasteiger partial charge in [0.2, 0.25) is 0 Å². The number of phenolic OH excluding ortho intramolecular Hbond substituents is 1. The van der Waals surface area contributed by atoms with Crippen molar-refractivity contribution in [1.29, 1.82) is 0 Å². The Kier molecular flexibility index (Phi) is 3.52. The predicted octanol–water partition coefficient (Wildman–Crippen LogP) is 2.14. The molecule has 1 aromatic rings. The average Bonchev–Trinajstić information content (AvgIpc) is 2.36. The summed E-state index contributed by atoms with van der Waals surface area (Å²) in [6.45, 7) is 4.48. The van der Waals surface area contributed by atoms with Crippen molar-refractivity contribution < 1.29 is 5.11 Å². The van der Waals surface area contributed by atoms with E-state index in [0.717, 1.165) is 32.1 Å². The number of benzene rings is 1. The first-order chi connectivity index (χ1) is 8.84. The van der Waals surface area contributed by atoms with Crippen LogP contribution in [0.5, 0.6) is 5.75 Å². The van der Waals surface area contributed by atoms with Crippen molar-refractivity contribution >= 4 is 0 Å². The smallest absolute Gasteiger partial charge is 0.115 e. The van der Waals surface area contributed by atoms with Gasteiger partial charge in [-0.3, -0.25) is 4.90 Å². The molecule has 98 valence electrons. The van der Waals surface area contributed by atoms with E-state index in [1.165, 1.54) is 24.8 Å². The van der Waals surface area contributed by atoms with E-state index in [1.807, 2.05) is 12.1 Å². The Morgan fingerprint density at radius 3 is 2.33 bits per heavy atom. The quantitative estimate of drug-likeness (QED) is 0.857. The maximum absolute atomic E-state index is 9.43. The van der Waals surface area contributed by atoms with Crippen molar-refractivity contribution in [1.82, 2.24) is 10.2 Å². The fourth-order valence-corrected chi connectivity index (χ4v) is 3.17. The van der Waals surface area contributed by atoms with Gasteiger partial charge >= 0.3 is 0 Å². The van der Waals surface area contributed by atoms with Crippen LogP contribution in [-0.2, 0) is 0 Å². The average molecular weight is 246 g/mol. The molecule has 0 radical (unpaired) electrons. The highest BCUT2D eigenvalue weighted by Crippen LogP contribution is 2.41. The van der Waals surface area contributed by atoms with Crippen LogP contribution in [0.3, 0.4) is 0 Å². The minimum absolute atomic E-state index is 0.367. The Morgan fingerprint density at radius 2 is 1.78 bits per heavy atom. The van der Waals surface area contributed by atoms with Crippen LogP contribution in [0.2, 0.25) is 0 Å². The lowest BCUT2D eigenvalue weighted by Gasteiger charge is -2.43. The van der Waals surface area contributed by atoms with Crippen LogP contribution < -0.4 is 5.32 Å². The SMILES string of the molecule is Oc1ccc([C@H](C2CCC2)N2CCNCC2)cc1. The highest BCUT2D eigenvalue weighted by atomic mass is 16.3. The summed E-state index contributed by atoms with van der Waals surface area (Å²) in [4.78, 5) is 2.62. The zero-order chi connectivity index (χ0) is 12.4. The second kappa shape index (κ2) is 5.29. The van der Waals surface area contributed by atoms with E-state index < -0.39 is 0 Å². The summed E-state index contributed by atoms with van der Waals surface area (Å²) in [5.41, 5.74) is 1.37. The largest absolute Gasteiger partial charge is 0.508 e. The van der Waals surface area contributed by atoms with Gasteiger partial charge in [0, 0.05) is 32.2 Å². The van der Waals surface area contributed by atoms with Crippen molar-refractivity contribution in [3.8, 4) is 5.75 Å². The van der Waals surface area contributed by atoms with Gasteiger partial charge in [0.25, 0.3) is 0 Å². The summed E-state index contributed by atoms with van der Waals surface area (Å²) in [6.07, 6.45) is 4.09. The summed E-state index contributed by atoms with van der Waals surface area (Å²) < 4.78 is 0. The predicted molar refractivity (Wildman–Crippen MR) is 72.6 cm³/mol. The molecule has 2 aliphatic rings. The molecule has 2 N–H and O–H groups in total. The number of aromatic hydroxyl groups is 1. The van der Waals surface area contributed by atoms with E-state index in [0.29, 0.717) is 11.8 Å². The number of nitrogens with zero attached hydrogens (tertiary/aromatic N) is 1. The van der Waals surface area contributed by atoms with Gasteiger partial charge in [0.1, 0.15) is 5.75 Å². The first kappa shape index (κ1) is 12.0. The highest BCUT2D eigenvalue weighted by molar-refractivity contribution is 5.29. The fourth-order valence-electron chi connectivity index (χ4n) is 3.17. The number of phenols is 1. The van der Waals surface area contributed by atoms with Crippen LogP contribution in [0.15, 0.2) is 24.3 Å². The van der Waals surface area contributed by atoms with E-state index in [9.17, 15) is 5.11 Å². The maximum Gasteiger partial charge on any atom is 0.115 e. The van der Waals surface area contributed by atoms with Crippen LogP contribution in [0.25, 0.3) is 0 Å². The lowest BCUT2D eigenvalue weighted by molar-refractivity contribution is 0.0837. The maximum atomic E-state index is 9.43. The molecule has 0 spiro atoms. The molecule has 0 unspecified atom stereocenters. The van der Waals surface area contributed by atoms with Crippen LogP contribution in [-0.4, -0.2) is 36.2 Å². The van der Waals surface area contributed by atoms with Gasteiger partial charge in [-0.15, -0.1) is 0 Å². The molecule has 1 heterocycles. The standard InChI is InChI=1S/C15H22N2O/c18-14-6-4-13(5-7-14)15(12-2-1-3-12)17-10-8-16-9-11-17/h4-7,12,15-16,18H,1-3,8-11H2/t15-/m0/s1. The molecule has 3 nitrogen and oxygen atoms in total. The Labute approximate surface area is 109 Å². The third-order valence-corrected chi connectivity index (χ3v) is 4.38. The molecule has 1 aromatic carbocycles. The minimum Gasteiger partial charge on any atom is -0.508 e. The molecule has 1 aliphatic heterocycles. The van der Waals surface area contributed by atoms with Crippen LogP contribution in [0, 0.1) is 5.92 Å². The van der Waals surface area contributed by atoms with Crippen molar-refractivity contribution in [2.75, 3.05) is 26.2 Å². The first-order valence-corrected chi connectivity index (χ1v) is 7.08. The van der Waals surface area contributed by atoms with E-state index in [4.69, 9.17) is 0 Å². The molecule has 1 atom stereocenters. The molecule has 3 rings (SSSR count). The minimum atomic E-state index is 0.367. The van der Waals surface area contributed by atoms with Gasteiger partial charge < -0.3 is 10.4 Å². The zero-order valence-electron chi connectivity index (χ0n) is 10.8. The third kappa shape index (κ3) is 2.38. The number of hydrogen-bond donors (Lipinski definition) is 2. The monoisotopic (exact) mass is 246 g/mol. The molecular formula is C15H22N2O. The number of nitrogens with one attached hydrogen (secondary N) is 1. The van der Waals surface area contributed by atoms with Crippen LogP contribution in [0.1, 0.15) is 30.9 Å². The molecule has 18 heavy (non-hydrogen) atoms. The molecular weight excluding hydrogens is 224 g/mol. The molecule has 1 saturated heterocycles. The normalized spacial score (nSPS) is 23.6. The Bertz CT molecular complexity index is 380.